The van der Waals surface area contributed by atoms with E-state index in [1.807, 2.05) is 60.4 Å². The molecule has 0 aromatic heterocycles. The van der Waals surface area contributed by atoms with E-state index in [4.69, 9.17) is 27.9 Å². The SMILES string of the molecule is CCC(CC)N1C(=O)C(C)(CC2OC(=O)NC2=O)CC(c2cccc(Cl)c2)C1c1ccc(Cl)cc1. The molecule has 2 aliphatic rings. The molecule has 2 heterocycles. The van der Waals surface area contributed by atoms with E-state index in [1.54, 1.807) is 0 Å². The zero-order valence-electron chi connectivity index (χ0n) is 20.1. The second-order valence-electron chi connectivity index (χ2n) is 9.69. The number of amides is 3. The van der Waals surface area contributed by atoms with Crippen LogP contribution < -0.4 is 5.32 Å². The van der Waals surface area contributed by atoms with Crippen LogP contribution in [0, 0.1) is 5.41 Å². The van der Waals surface area contributed by atoms with Crippen LogP contribution in [0.25, 0.3) is 0 Å². The summed E-state index contributed by atoms with van der Waals surface area (Å²) < 4.78 is 5.22. The number of nitrogens with one attached hydrogen (secondary N) is 1. The van der Waals surface area contributed by atoms with Crippen LogP contribution in [0.5, 0.6) is 0 Å². The molecular weight excluding hydrogens is 487 g/mol. The van der Waals surface area contributed by atoms with Crippen molar-refractivity contribution in [2.45, 2.75) is 70.6 Å². The van der Waals surface area contributed by atoms with E-state index in [-0.39, 0.29) is 30.3 Å². The quantitative estimate of drug-likeness (QED) is 0.470. The summed E-state index contributed by atoms with van der Waals surface area (Å²) >= 11 is 12.6. The minimum absolute atomic E-state index is 0.00978. The first-order chi connectivity index (χ1) is 16.7. The molecule has 2 fully saturated rings. The molecule has 1 N–H and O–H groups in total. The number of piperidine rings is 1. The van der Waals surface area contributed by atoms with Crippen LogP contribution in [-0.2, 0) is 14.3 Å². The van der Waals surface area contributed by atoms with Crippen LogP contribution in [0.3, 0.4) is 0 Å². The number of benzene rings is 2. The summed E-state index contributed by atoms with van der Waals surface area (Å²) in [5.74, 6) is -0.643. The second kappa shape index (κ2) is 10.2. The first-order valence-electron chi connectivity index (χ1n) is 12.0. The standard InChI is InChI=1S/C27H30Cl2N2O4/c1-4-20(5-2)31-23(16-9-11-18(28)12-10-16)21(17-7-6-8-19(29)13-17)14-27(3,25(31)33)15-22-24(32)30-26(34)35-22/h6-13,20-23H,4-5,14-15H2,1-3H3,(H,30,32,34). The van der Waals surface area contributed by atoms with Gasteiger partial charge in [-0.3, -0.25) is 14.9 Å². The molecule has 3 amide bonds. The topological polar surface area (TPSA) is 75.7 Å². The minimum atomic E-state index is -0.993. The van der Waals surface area contributed by atoms with Crippen LogP contribution in [0.15, 0.2) is 48.5 Å². The number of nitrogens with zero attached hydrogens (tertiary/aromatic N) is 1. The first kappa shape index (κ1) is 25.5. The highest BCUT2D eigenvalue weighted by Gasteiger charge is 2.53. The summed E-state index contributed by atoms with van der Waals surface area (Å²) in [6.07, 6.45) is 0.385. The van der Waals surface area contributed by atoms with Crippen LogP contribution in [0.2, 0.25) is 10.0 Å². The maximum absolute atomic E-state index is 14.3. The number of ether oxygens (including phenoxy) is 1. The fourth-order valence-electron chi connectivity index (χ4n) is 5.59. The number of carbonyl (C=O) groups is 3. The van der Waals surface area contributed by atoms with Gasteiger partial charge in [0.2, 0.25) is 5.91 Å². The maximum atomic E-state index is 14.3. The van der Waals surface area contributed by atoms with E-state index in [0.717, 1.165) is 24.0 Å². The highest BCUT2D eigenvalue weighted by Crippen LogP contribution is 2.53. The van der Waals surface area contributed by atoms with Gasteiger partial charge in [0.05, 0.1) is 11.5 Å². The first-order valence-corrected chi connectivity index (χ1v) is 12.8. The highest BCUT2D eigenvalue weighted by atomic mass is 35.5. The van der Waals surface area contributed by atoms with Gasteiger partial charge in [-0.25, -0.2) is 4.79 Å². The average molecular weight is 517 g/mol. The summed E-state index contributed by atoms with van der Waals surface area (Å²) in [6, 6.07) is 15.1. The lowest BCUT2D eigenvalue weighted by atomic mass is 9.66. The predicted molar refractivity (Wildman–Crippen MR) is 135 cm³/mol. The Labute approximate surface area is 215 Å². The normalized spacial score (nSPS) is 26.7. The molecule has 4 unspecified atom stereocenters. The number of hydrogen-bond acceptors (Lipinski definition) is 4. The fraction of sp³-hybridized carbons (Fsp3) is 0.444. The predicted octanol–water partition coefficient (Wildman–Crippen LogP) is 6.27. The average Bonchev–Trinajstić information content (AvgIpc) is 3.14. The summed E-state index contributed by atoms with van der Waals surface area (Å²) in [5.41, 5.74) is 1.08. The molecule has 2 aromatic rings. The van der Waals surface area contributed by atoms with Crippen molar-refractivity contribution in [1.29, 1.82) is 0 Å². The lowest BCUT2D eigenvalue weighted by Crippen LogP contribution is -2.56. The molecule has 0 saturated carbocycles. The lowest BCUT2D eigenvalue weighted by Gasteiger charge is -2.52. The van der Waals surface area contributed by atoms with Crippen molar-refractivity contribution in [1.82, 2.24) is 10.2 Å². The van der Waals surface area contributed by atoms with Crippen LogP contribution >= 0.6 is 23.2 Å². The molecule has 6 nitrogen and oxygen atoms in total. The zero-order valence-corrected chi connectivity index (χ0v) is 21.6. The molecule has 0 aliphatic carbocycles. The Hall–Kier alpha value is -2.57. The van der Waals surface area contributed by atoms with E-state index in [9.17, 15) is 14.4 Å². The summed E-state index contributed by atoms with van der Waals surface area (Å²) in [7, 11) is 0. The Morgan fingerprint density at radius 3 is 2.29 bits per heavy atom. The van der Waals surface area contributed by atoms with Gasteiger partial charge in [0.1, 0.15) is 0 Å². The van der Waals surface area contributed by atoms with E-state index < -0.39 is 23.5 Å². The third kappa shape index (κ3) is 5.05. The summed E-state index contributed by atoms with van der Waals surface area (Å²) in [4.78, 5) is 40.3. The van der Waals surface area contributed by atoms with Crippen molar-refractivity contribution in [3.63, 3.8) is 0 Å². The molecule has 2 aromatic carbocycles. The Morgan fingerprint density at radius 2 is 1.71 bits per heavy atom. The molecule has 0 bridgehead atoms. The number of carbonyl (C=O) groups excluding carboxylic acids is 3. The van der Waals surface area contributed by atoms with Crippen molar-refractivity contribution in [2.75, 3.05) is 0 Å². The molecule has 0 radical (unpaired) electrons. The van der Waals surface area contributed by atoms with Gasteiger partial charge < -0.3 is 9.64 Å². The Morgan fingerprint density at radius 1 is 1.03 bits per heavy atom. The molecule has 2 saturated heterocycles. The molecule has 35 heavy (non-hydrogen) atoms. The Bertz CT molecular complexity index is 1120. The Balaban J connectivity index is 1.85. The van der Waals surface area contributed by atoms with Gasteiger partial charge in [0.25, 0.3) is 5.91 Å². The van der Waals surface area contributed by atoms with Gasteiger partial charge in [-0.1, -0.05) is 68.2 Å². The third-order valence-electron chi connectivity index (χ3n) is 7.33. The maximum Gasteiger partial charge on any atom is 0.414 e. The van der Waals surface area contributed by atoms with E-state index >= 15 is 0 Å². The number of cyclic esters (lactones) is 1. The van der Waals surface area contributed by atoms with Gasteiger partial charge in [-0.05, 0) is 54.7 Å². The lowest BCUT2D eigenvalue weighted by molar-refractivity contribution is -0.157. The van der Waals surface area contributed by atoms with Gasteiger partial charge >= 0.3 is 6.09 Å². The van der Waals surface area contributed by atoms with E-state index in [1.165, 1.54) is 0 Å². The molecular formula is C27H30Cl2N2O4. The van der Waals surface area contributed by atoms with Gasteiger partial charge in [0, 0.05) is 28.4 Å². The largest absolute Gasteiger partial charge is 0.436 e. The number of alkyl carbamates (subject to hydrolysis) is 1. The summed E-state index contributed by atoms with van der Waals surface area (Å²) in [6.45, 7) is 6.03. The van der Waals surface area contributed by atoms with Crippen molar-refractivity contribution >= 4 is 41.1 Å². The monoisotopic (exact) mass is 516 g/mol. The Kier molecular flexibility index (Phi) is 7.43. The van der Waals surface area contributed by atoms with Crippen molar-refractivity contribution in [2.24, 2.45) is 5.41 Å². The molecule has 4 atom stereocenters. The number of halogens is 2. The zero-order chi connectivity index (χ0) is 25.3. The molecule has 2 aliphatic heterocycles. The minimum Gasteiger partial charge on any atom is -0.436 e. The van der Waals surface area contributed by atoms with Gasteiger partial charge in [-0.15, -0.1) is 0 Å². The van der Waals surface area contributed by atoms with Gasteiger partial charge in [-0.2, -0.15) is 0 Å². The number of hydrogen-bond donors (Lipinski definition) is 1. The number of imide groups is 1. The van der Waals surface area contributed by atoms with E-state index in [2.05, 4.69) is 19.2 Å². The van der Waals surface area contributed by atoms with Gasteiger partial charge in [0.15, 0.2) is 6.10 Å². The van der Waals surface area contributed by atoms with Crippen LogP contribution in [-0.4, -0.2) is 35.0 Å². The second-order valence-corrected chi connectivity index (χ2v) is 10.6. The highest BCUT2D eigenvalue weighted by molar-refractivity contribution is 6.30. The van der Waals surface area contributed by atoms with Crippen LogP contribution in [0.1, 0.15) is 69.5 Å². The molecule has 186 valence electrons. The van der Waals surface area contributed by atoms with Crippen molar-refractivity contribution in [3.8, 4) is 0 Å². The third-order valence-corrected chi connectivity index (χ3v) is 7.82. The van der Waals surface area contributed by atoms with Crippen molar-refractivity contribution < 1.29 is 19.1 Å². The number of likely N-dealkylation sites (tertiary alicyclic amines) is 1. The smallest absolute Gasteiger partial charge is 0.414 e. The number of rotatable bonds is 7. The molecule has 4 rings (SSSR count). The van der Waals surface area contributed by atoms with Crippen molar-refractivity contribution in [3.05, 3.63) is 69.7 Å². The summed E-state index contributed by atoms with van der Waals surface area (Å²) in [5, 5.41) is 3.43. The fourth-order valence-corrected chi connectivity index (χ4v) is 5.91. The molecule has 0 spiro atoms. The van der Waals surface area contributed by atoms with E-state index in [0.29, 0.717) is 16.5 Å². The molecule has 8 heteroatoms. The van der Waals surface area contributed by atoms with Crippen LogP contribution in [0.4, 0.5) is 4.79 Å².